The van der Waals surface area contributed by atoms with E-state index in [1.165, 1.54) is 16.0 Å². The summed E-state index contributed by atoms with van der Waals surface area (Å²) >= 11 is 1.69. The molecule has 4 aromatic rings. The summed E-state index contributed by atoms with van der Waals surface area (Å²) in [5, 5.41) is 0. The van der Waals surface area contributed by atoms with Crippen molar-refractivity contribution in [1.82, 2.24) is 0 Å². The van der Waals surface area contributed by atoms with Crippen LogP contribution < -0.4 is 0 Å². The lowest BCUT2D eigenvalue weighted by Crippen LogP contribution is -1.87. The summed E-state index contributed by atoms with van der Waals surface area (Å²) < 4.78 is 14.9. The van der Waals surface area contributed by atoms with Crippen molar-refractivity contribution in [3.63, 3.8) is 0 Å². The Morgan fingerprint density at radius 3 is 2.14 bits per heavy atom. The molecule has 0 aliphatic heterocycles. The Hall–Kier alpha value is -2.71. The molecule has 1 heterocycles. The molecule has 4 rings (SSSR count). The molecule has 0 aliphatic carbocycles. The minimum Gasteiger partial charge on any atom is -0.206 e. The number of rotatable bonds is 7. The molecule has 0 radical (unpaired) electrons. The van der Waals surface area contributed by atoms with Gasteiger partial charge in [0.05, 0.1) is 0 Å². The molecule has 0 saturated heterocycles. The fourth-order valence-electron chi connectivity index (χ4n) is 3.62. The van der Waals surface area contributed by atoms with E-state index < -0.39 is 0 Å². The van der Waals surface area contributed by atoms with E-state index in [2.05, 4.69) is 61.5 Å². The van der Waals surface area contributed by atoms with E-state index in [4.69, 9.17) is 0 Å². The molecule has 146 valence electrons. The monoisotopic (exact) mass is 400 g/mol. The highest BCUT2D eigenvalue weighted by atomic mass is 32.1. The second-order valence-corrected chi connectivity index (χ2v) is 8.56. The van der Waals surface area contributed by atoms with E-state index in [-0.39, 0.29) is 5.82 Å². The van der Waals surface area contributed by atoms with Crippen LogP contribution in [0.1, 0.15) is 29.3 Å². The van der Waals surface area contributed by atoms with Gasteiger partial charge in [0, 0.05) is 15.3 Å². The predicted molar refractivity (Wildman–Crippen MR) is 123 cm³/mol. The van der Waals surface area contributed by atoms with Crippen molar-refractivity contribution in [1.29, 1.82) is 0 Å². The van der Waals surface area contributed by atoms with Gasteiger partial charge in [-0.1, -0.05) is 74.0 Å². The van der Waals surface area contributed by atoms with Gasteiger partial charge in [-0.2, -0.15) is 0 Å². The molecule has 29 heavy (non-hydrogen) atoms. The maximum Gasteiger partial charge on any atom is 0.132 e. The van der Waals surface area contributed by atoms with Crippen LogP contribution in [-0.2, 0) is 19.3 Å². The highest BCUT2D eigenvalue weighted by Gasteiger charge is 2.10. The van der Waals surface area contributed by atoms with E-state index in [1.807, 2.05) is 24.3 Å². The Bertz CT molecular complexity index is 1060. The second-order valence-electron chi connectivity index (χ2n) is 7.39. The normalized spacial score (nSPS) is 11.0. The Balaban J connectivity index is 1.48. The fraction of sp³-hybridized carbons (Fsp3) is 0.185. The van der Waals surface area contributed by atoms with E-state index in [0.717, 1.165) is 41.7 Å². The Kier molecular flexibility index (Phi) is 6.21. The molecule has 1 aromatic heterocycles. The molecule has 0 unspecified atom stereocenters. The van der Waals surface area contributed by atoms with Gasteiger partial charge in [-0.3, -0.25) is 0 Å². The summed E-state index contributed by atoms with van der Waals surface area (Å²) in [5.41, 5.74) is 5.34. The number of hydrogen-bond donors (Lipinski definition) is 0. The van der Waals surface area contributed by atoms with E-state index in [9.17, 15) is 4.39 Å². The summed E-state index contributed by atoms with van der Waals surface area (Å²) in [5.74, 6) is -0.156. The van der Waals surface area contributed by atoms with Gasteiger partial charge in [0.25, 0.3) is 0 Å². The van der Waals surface area contributed by atoms with Crippen molar-refractivity contribution in [2.24, 2.45) is 0 Å². The van der Waals surface area contributed by atoms with Crippen molar-refractivity contribution >= 4 is 11.3 Å². The molecule has 0 saturated carbocycles. The van der Waals surface area contributed by atoms with E-state index in [1.54, 1.807) is 17.4 Å². The van der Waals surface area contributed by atoms with Gasteiger partial charge in [0.1, 0.15) is 5.82 Å². The smallest absolute Gasteiger partial charge is 0.132 e. The predicted octanol–water partition coefficient (Wildman–Crippen LogP) is 7.96. The van der Waals surface area contributed by atoms with Gasteiger partial charge in [0.15, 0.2) is 0 Å². The standard InChI is InChI=1S/C27H25FS/c1-2-6-20-9-12-22(13-10-20)23-14-17-25(26(28)19-23)27-18-16-24(29-27)15-11-21-7-4-3-5-8-21/h3-5,7-10,12-14,16-19H,2,6,11,15H2,1H3. The van der Waals surface area contributed by atoms with Crippen molar-refractivity contribution in [2.75, 3.05) is 0 Å². The molecule has 0 bridgehead atoms. The van der Waals surface area contributed by atoms with Gasteiger partial charge in [-0.25, -0.2) is 4.39 Å². The first-order chi connectivity index (χ1) is 14.2. The molecule has 0 spiro atoms. The first-order valence-electron chi connectivity index (χ1n) is 10.2. The number of thiophene rings is 1. The zero-order valence-electron chi connectivity index (χ0n) is 16.7. The highest BCUT2D eigenvalue weighted by molar-refractivity contribution is 7.15. The van der Waals surface area contributed by atoms with Gasteiger partial charge < -0.3 is 0 Å². The van der Waals surface area contributed by atoms with Gasteiger partial charge in [-0.05, 0) is 65.8 Å². The van der Waals surface area contributed by atoms with Crippen molar-refractivity contribution in [3.8, 4) is 21.6 Å². The Morgan fingerprint density at radius 2 is 1.41 bits per heavy atom. The van der Waals surface area contributed by atoms with E-state index in [0.29, 0.717) is 5.56 Å². The van der Waals surface area contributed by atoms with Crippen molar-refractivity contribution < 1.29 is 4.39 Å². The quantitative estimate of drug-likeness (QED) is 0.295. The highest BCUT2D eigenvalue weighted by Crippen LogP contribution is 2.33. The minimum absolute atomic E-state index is 0.156. The summed E-state index contributed by atoms with van der Waals surface area (Å²) in [6.07, 6.45) is 4.21. The summed E-state index contributed by atoms with van der Waals surface area (Å²) in [7, 11) is 0. The van der Waals surface area contributed by atoms with Crippen LogP contribution in [0.2, 0.25) is 0 Å². The average molecular weight is 401 g/mol. The minimum atomic E-state index is -0.156. The lowest BCUT2D eigenvalue weighted by Gasteiger charge is -2.07. The van der Waals surface area contributed by atoms with Crippen molar-refractivity contribution in [3.05, 3.63) is 107 Å². The molecule has 0 N–H and O–H groups in total. The third-order valence-corrected chi connectivity index (χ3v) is 6.40. The van der Waals surface area contributed by atoms with Crippen LogP contribution in [0.3, 0.4) is 0 Å². The number of hydrogen-bond acceptors (Lipinski definition) is 1. The van der Waals surface area contributed by atoms with Crippen molar-refractivity contribution in [2.45, 2.75) is 32.6 Å². The molecule has 0 fully saturated rings. The zero-order chi connectivity index (χ0) is 20.1. The van der Waals surface area contributed by atoms with Gasteiger partial charge >= 0.3 is 0 Å². The number of halogens is 1. The van der Waals surface area contributed by atoms with Crippen LogP contribution in [-0.4, -0.2) is 0 Å². The lowest BCUT2D eigenvalue weighted by molar-refractivity contribution is 0.632. The Labute approximate surface area is 176 Å². The molecule has 3 aromatic carbocycles. The van der Waals surface area contributed by atoms with Crippen LogP contribution >= 0.6 is 11.3 Å². The maximum absolute atomic E-state index is 14.9. The van der Waals surface area contributed by atoms with Crippen LogP contribution in [0.5, 0.6) is 0 Å². The SMILES string of the molecule is CCCc1ccc(-c2ccc(-c3ccc(CCc4ccccc4)s3)c(F)c2)cc1. The van der Waals surface area contributed by atoms with Crippen LogP contribution in [0.15, 0.2) is 84.9 Å². The Morgan fingerprint density at radius 1 is 0.690 bits per heavy atom. The lowest BCUT2D eigenvalue weighted by atomic mass is 10.0. The molecule has 2 heteroatoms. The van der Waals surface area contributed by atoms with Gasteiger partial charge in [0.2, 0.25) is 0 Å². The molecule has 0 amide bonds. The number of benzene rings is 3. The van der Waals surface area contributed by atoms with Crippen LogP contribution in [0.25, 0.3) is 21.6 Å². The first-order valence-corrected chi connectivity index (χ1v) is 11.1. The topological polar surface area (TPSA) is 0 Å². The third kappa shape index (κ3) is 4.83. The molecule has 0 aliphatic rings. The summed E-state index contributed by atoms with van der Waals surface area (Å²) in [6.45, 7) is 2.18. The van der Waals surface area contributed by atoms with Gasteiger partial charge in [-0.15, -0.1) is 11.3 Å². The zero-order valence-corrected chi connectivity index (χ0v) is 17.5. The maximum atomic E-state index is 14.9. The molecular formula is C27H25FS. The third-order valence-electron chi connectivity index (χ3n) is 5.23. The average Bonchev–Trinajstić information content (AvgIpc) is 3.22. The van der Waals surface area contributed by atoms with Crippen LogP contribution in [0.4, 0.5) is 4.39 Å². The van der Waals surface area contributed by atoms with E-state index >= 15 is 0 Å². The second kappa shape index (κ2) is 9.19. The molecule has 0 atom stereocenters. The van der Waals surface area contributed by atoms with Crippen LogP contribution in [0, 0.1) is 5.82 Å². The molecular weight excluding hydrogens is 375 g/mol. The number of aryl methyl sites for hydroxylation is 3. The largest absolute Gasteiger partial charge is 0.206 e. The fourth-order valence-corrected chi connectivity index (χ4v) is 4.65. The summed E-state index contributed by atoms with van der Waals surface area (Å²) in [6, 6.07) is 28.7. The molecule has 0 nitrogen and oxygen atoms in total. The summed E-state index contributed by atoms with van der Waals surface area (Å²) in [4.78, 5) is 2.29. The first kappa shape index (κ1) is 19.6.